The van der Waals surface area contributed by atoms with Gasteiger partial charge in [-0.25, -0.2) is 9.37 Å². The molecule has 2 heterocycles. The molecule has 1 aliphatic heterocycles. The highest BCUT2D eigenvalue weighted by Gasteiger charge is 2.25. The summed E-state index contributed by atoms with van der Waals surface area (Å²) in [5, 5.41) is 1.08. The van der Waals surface area contributed by atoms with E-state index in [-0.39, 0.29) is 28.9 Å². The van der Waals surface area contributed by atoms with Crippen LogP contribution in [0.3, 0.4) is 0 Å². The van der Waals surface area contributed by atoms with Crippen LogP contribution in [0.4, 0.5) is 9.52 Å². The van der Waals surface area contributed by atoms with Crippen LogP contribution in [0.1, 0.15) is 16.8 Å². The molecule has 0 unspecified atom stereocenters. The standard InChI is InChI=1S/C22H22Cl2FN3O3S.ClH/c1-30-18-6-5-16(23)20-19(18)26-22(32-20)28(8-2-7-27-9-11-31-12-10-27)21(29)15-4-3-14(25)13-17(15)24;/h3-6,13H,2,7-12H2,1H3;1H. The molecule has 0 N–H and O–H groups in total. The van der Waals surface area contributed by atoms with Crippen molar-refractivity contribution >= 4 is 68.2 Å². The van der Waals surface area contributed by atoms with E-state index >= 15 is 0 Å². The smallest absolute Gasteiger partial charge is 0.261 e. The van der Waals surface area contributed by atoms with Gasteiger partial charge in [-0.3, -0.25) is 14.6 Å². The van der Waals surface area contributed by atoms with E-state index in [0.29, 0.717) is 41.2 Å². The lowest BCUT2D eigenvalue weighted by Crippen LogP contribution is -2.39. The first-order valence-corrected chi connectivity index (χ1v) is 11.7. The molecule has 4 rings (SSSR count). The second-order valence-electron chi connectivity index (χ2n) is 7.31. The van der Waals surface area contributed by atoms with Crippen molar-refractivity contribution in [3.63, 3.8) is 0 Å². The lowest BCUT2D eigenvalue weighted by molar-refractivity contribution is 0.0376. The molecular weight excluding hydrogens is 512 g/mol. The van der Waals surface area contributed by atoms with E-state index in [1.165, 1.54) is 23.5 Å². The maximum absolute atomic E-state index is 13.5. The second kappa shape index (κ2) is 11.6. The first-order chi connectivity index (χ1) is 15.5. The molecule has 1 amide bonds. The average Bonchev–Trinajstić information content (AvgIpc) is 3.23. The molecule has 0 saturated carbocycles. The number of carbonyl (C=O) groups excluding carboxylic acids is 1. The van der Waals surface area contributed by atoms with E-state index in [1.807, 2.05) is 0 Å². The monoisotopic (exact) mass is 533 g/mol. The van der Waals surface area contributed by atoms with Crippen LogP contribution in [0.5, 0.6) is 5.75 Å². The van der Waals surface area contributed by atoms with Gasteiger partial charge in [-0.2, -0.15) is 0 Å². The Labute approximate surface area is 211 Å². The van der Waals surface area contributed by atoms with E-state index in [9.17, 15) is 9.18 Å². The summed E-state index contributed by atoms with van der Waals surface area (Å²) in [6.45, 7) is 4.40. The number of thiazole rings is 1. The average molecular weight is 535 g/mol. The number of anilines is 1. The zero-order valence-electron chi connectivity index (χ0n) is 17.9. The maximum Gasteiger partial charge on any atom is 0.261 e. The van der Waals surface area contributed by atoms with Gasteiger partial charge in [-0.15, -0.1) is 12.4 Å². The fourth-order valence-corrected chi connectivity index (χ4v) is 5.12. The van der Waals surface area contributed by atoms with E-state index in [0.717, 1.165) is 36.8 Å². The molecule has 6 nitrogen and oxygen atoms in total. The Kier molecular flexibility index (Phi) is 9.15. The quantitative estimate of drug-likeness (QED) is 0.398. The lowest BCUT2D eigenvalue weighted by Gasteiger charge is -2.27. The Morgan fingerprint density at radius 1 is 1.24 bits per heavy atom. The number of hydrogen-bond acceptors (Lipinski definition) is 6. The Hall–Kier alpha value is -1.68. The second-order valence-corrected chi connectivity index (χ2v) is 9.10. The molecule has 0 bridgehead atoms. The normalized spacial score (nSPS) is 14.2. The molecule has 0 radical (unpaired) electrons. The van der Waals surface area contributed by atoms with Crippen LogP contribution in [0, 0.1) is 5.82 Å². The summed E-state index contributed by atoms with van der Waals surface area (Å²) in [6.07, 6.45) is 0.728. The third-order valence-corrected chi connectivity index (χ3v) is 7.12. The van der Waals surface area contributed by atoms with Crippen LogP contribution in [-0.4, -0.2) is 62.3 Å². The largest absolute Gasteiger partial charge is 0.494 e. The van der Waals surface area contributed by atoms with Gasteiger partial charge in [0, 0.05) is 26.2 Å². The summed E-state index contributed by atoms with van der Waals surface area (Å²) in [6, 6.07) is 7.25. The van der Waals surface area contributed by atoms with Crippen molar-refractivity contribution in [1.82, 2.24) is 9.88 Å². The fourth-order valence-electron chi connectivity index (χ4n) is 3.59. The van der Waals surface area contributed by atoms with Crippen molar-refractivity contribution in [2.45, 2.75) is 6.42 Å². The van der Waals surface area contributed by atoms with E-state index in [1.54, 1.807) is 24.1 Å². The SMILES string of the molecule is COc1ccc(Cl)c2sc(N(CCCN3CCOCC3)C(=O)c3ccc(F)cc3Cl)nc12.Cl. The van der Waals surface area contributed by atoms with Gasteiger partial charge in [0.15, 0.2) is 5.13 Å². The van der Waals surface area contributed by atoms with E-state index < -0.39 is 5.82 Å². The number of halogens is 4. The minimum Gasteiger partial charge on any atom is -0.494 e. The van der Waals surface area contributed by atoms with Gasteiger partial charge < -0.3 is 9.47 Å². The van der Waals surface area contributed by atoms with Crippen molar-refractivity contribution in [3.05, 3.63) is 51.8 Å². The number of rotatable bonds is 7. The molecule has 3 aromatic rings. The van der Waals surface area contributed by atoms with Crippen molar-refractivity contribution in [3.8, 4) is 5.75 Å². The highest BCUT2D eigenvalue weighted by molar-refractivity contribution is 7.23. The van der Waals surface area contributed by atoms with Crippen molar-refractivity contribution in [2.24, 2.45) is 0 Å². The van der Waals surface area contributed by atoms with Gasteiger partial charge in [-0.05, 0) is 36.8 Å². The van der Waals surface area contributed by atoms with Crippen LogP contribution in [0.25, 0.3) is 10.2 Å². The van der Waals surface area contributed by atoms with Crippen molar-refractivity contribution in [2.75, 3.05) is 51.4 Å². The summed E-state index contributed by atoms with van der Waals surface area (Å²) in [5.41, 5.74) is 0.813. The van der Waals surface area contributed by atoms with E-state index in [2.05, 4.69) is 9.88 Å². The van der Waals surface area contributed by atoms with Crippen LogP contribution in [-0.2, 0) is 4.74 Å². The Morgan fingerprint density at radius 3 is 2.70 bits per heavy atom. The molecular formula is C22H23Cl3FN3O3S. The Bertz CT molecular complexity index is 1120. The van der Waals surface area contributed by atoms with Gasteiger partial charge in [0.2, 0.25) is 0 Å². The van der Waals surface area contributed by atoms with Gasteiger partial charge in [0.25, 0.3) is 5.91 Å². The number of fused-ring (bicyclic) bond motifs is 1. The van der Waals surface area contributed by atoms with E-state index in [4.69, 9.17) is 32.7 Å². The summed E-state index contributed by atoms with van der Waals surface area (Å²) >= 11 is 13.9. The predicted molar refractivity (Wildman–Crippen MR) is 133 cm³/mol. The topological polar surface area (TPSA) is 54.9 Å². The first-order valence-electron chi connectivity index (χ1n) is 10.2. The molecule has 1 saturated heterocycles. The molecule has 11 heteroatoms. The third-order valence-electron chi connectivity index (χ3n) is 5.26. The summed E-state index contributed by atoms with van der Waals surface area (Å²) in [7, 11) is 1.56. The zero-order chi connectivity index (χ0) is 22.7. The number of morpholine rings is 1. The van der Waals surface area contributed by atoms with Gasteiger partial charge in [0.1, 0.15) is 17.1 Å². The summed E-state index contributed by atoms with van der Waals surface area (Å²) in [5.74, 6) is -0.263. The number of amides is 1. The van der Waals surface area contributed by atoms with Crippen molar-refractivity contribution < 1.29 is 18.7 Å². The lowest BCUT2D eigenvalue weighted by atomic mass is 10.2. The highest BCUT2D eigenvalue weighted by Crippen LogP contribution is 2.39. The molecule has 1 fully saturated rings. The molecule has 2 aromatic carbocycles. The molecule has 0 spiro atoms. The van der Waals surface area contributed by atoms with Gasteiger partial charge >= 0.3 is 0 Å². The number of aromatic nitrogens is 1. The summed E-state index contributed by atoms with van der Waals surface area (Å²) in [4.78, 5) is 22.0. The van der Waals surface area contributed by atoms with Crippen LogP contribution in [0.15, 0.2) is 30.3 Å². The molecule has 178 valence electrons. The third kappa shape index (κ3) is 5.88. The fraction of sp³-hybridized carbons (Fsp3) is 0.364. The number of hydrogen-bond donors (Lipinski definition) is 0. The highest BCUT2D eigenvalue weighted by atomic mass is 35.5. The molecule has 0 atom stereocenters. The molecule has 33 heavy (non-hydrogen) atoms. The number of carbonyl (C=O) groups is 1. The van der Waals surface area contributed by atoms with Gasteiger partial charge in [-0.1, -0.05) is 34.5 Å². The van der Waals surface area contributed by atoms with Gasteiger partial charge in [0.05, 0.1) is 40.6 Å². The minimum absolute atomic E-state index is 0. The molecule has 1 aliphatic rings. The number of nitrogens with zero attached hydrogens (tertiary/aromatic N) is 3. The first kappa shape index (κ1) is 25.9. The van der Waals surface area contributed by atoms with Crippen molar-refractivity contribution in [1.29, 1.82) is 0 Å². The maximum atomic E-state index is 13.5. The number of ether oxygens (including phenoxy) is 2. The molecule has 1 aromatic heterocycles. The number of methoxy groups -OCH3 is 1. The predicted octanol–water partition coefficient (Wildman–Crippen LogP) is 5.54. The summed E-state index contributed by atoms with van der Waals surface area (Å²) < 4.78 is 25.1. The Morgan fingerprint density at radius 2 is 2.00 bits per heavy atom. The van der Waals surface area contributed by atoms with Crippen LogP contribution >= 0.6 is 46.9 Å². The van der Waals surface area contributed by atoms with Crippen LogP contribution in [0.2, 0.25) is 10.0 Å². The van der Waals surface area contributed by atoms with Crippen LogP contribution < -0.4 is 9.64 Å². The Balaban J connectivity index is 0.00000306. The zero-order valence-corrected chi connectivity index (χ0v) is 21.0. The molecule has 0 aliphatic carbocycles. The number of benzene rings is 2. The minimum atomic E-state index is -0.498.